The van der Waals surface area contributed by atoms with E-state index in [0.717, 1.165) is 5.56 Å². The molecule has 1 aromatic carbocycles. The first-order valence-corrected chi connectivity index (χ1v) is 11.2. The van der Waals surface area contributed by atoms with Gasteiger partial charge < -0.3 is 10.6 Å². The molecule has 1 aromatic heterocycles. The van der Waals surface area contributed by atoms with Gasteiger partial charge in [0.2, 0.25) is 10.0 Å². The van der Waals surface area contributed by atoms with E-state index in [2.05, 4.69) is 20.3 Å². The summed E-state index contributed by atoms with van der Waals surface area (Å²) in [5.41, 5.74) is 1.19. The molecule has 1 aliphatic rings. The third-order valence-electron chi connectivity index (χ3n) is 5.06. The molecule has 0 bridgehead atoms. The summed E-state index contributed by atoms with van der Waals surface area (Å²) in [6.07, 6.45) is -0.649. The number of pyridine rings is 1. The number of nitrogens with zero attached hydrogens (tertiary/aromatic N) is 1. The Labute approximate surface area is 178 Å². The maximum atomic E-state index is 13.0. The highest BCUT2D eigenvalue weighted by atomic mass is 32.2. The molecule has 1 saturated carbocycles. The van der Waals surface area contributed by atoms with Crippen molar-refractivity contribution < 1.29 is 26.4 Å². The molecule has 2 atom stereocenters. The molecule has 2 unspecified atom stereocenters. The molecule has 1 fully saturated rings. The summed E-state index contributed by atoms with van der Waals surface area (Å²) in [4.78, 5) is 15.8. The number of halogens is 3. The first-order chi connectivity index (χ1) is 14.6. The van der Waals surface area contributed by atoms with Gasteiger partial charge in [0.1, 0.15) is 0 Å². The zero-order valence-electron chi connectivity index (χ0n) is 16.5. The Balaban J connectivity index is 1.55. The van der Waals surface area contributed by atoms with Crippen LogP contribution in [0.15, 0.2) is 53.7 Å². The lowest BCUT2D eigenvalue weighted by atomic mass is 9.86. The number of hydrogen-bond donors (Lipinski definition) is 3. The molecule has 1 aliphatic carbocycles. The summed E-state index contributed by atoms with van der Waals surface area (Å²) >= 11 is 0. The van der Waals surface area contributed by atoms with Crippen LogP contribution in [-0.2, 0) is 16.6 Å². The number of alkyl halides is 3. The van der Waals surface area contributed by atoms with Crippen LogP contribution in [0.3, 0.4) is 0 Å². The summed E-state index contributed by atoms with van der Waals surface area (Å²) in [7, 11) is -3.97. The van der Waals surface area contributed by atoms with Gasteiger partial charge in [-0.2, -0.15) is 13.2 Å². The van der Waals surface area contributed by atoms with Crippen molar-refractivity contribution in [3.8, 4) is 0 Å². The van der Waals surface area contributed by atoms with Crippen LogP contribution in [0.1, 0.15) is 31.2 Å². The highest BCUT2D eigenvalue weighted by Crippen LogP contribution is 2.37. The zero-order chi connectivity index (χ0) is 22.5. The van der Waals surface area contributed by atoms with Crippen LogP contribution in [0, 0.1) is 5.92 Å². The maximum Gasteiger partial charge on any atom is 0.391 e. The standard InChI is InChI=1S/C20H23F3N4O3S/c21-20(22,23)15-4-1-5-17(11-15)27-31(29,30)18-8-6-16(7-9-18)26-19(28)25-13-14-3-2-10-24-12-14/h2-3,6-10,12,15,17,27H,1,4-5,11,13H2,(H2,25,26,28). The van der Waals surface area contributed by atoms with E-state index in [1.165, 1.54) is 24.3 Å². The van der Waals surface area contributed by atoms with E-state index < -0.39 is 34.2 Å². The van der Waals surface area contributed by atoms with Gasteiger partial charge in [-0.15, -0.1) is 0 Å². The lowest BCUT2D eigenvalue weighted by molar-refractivity contribution is -0.183. The minimum Gasteiger partial charge on any atom is -0.334 e. The smallest absolute Gasteiger partial charge is 0.334 e. The topological polar surface area (TPSA) is 100 Å². The van der Waals surface area contributed by atoms with E-state index in [1.807, 2.05) is 6.07 Å². The van der Waals surface area contributed by atoms with Gasteiger partial charge in [-0.25, -0.2) is 17.9 Å². The SMILES string of the molecule is O=C(NCc1cccnc1)Nc1ccc(S(=O)(=O)NC2CCCC(C(F)(F)F)C2)cc1. The molecule has 0 saturated heterocycles. The Morgan fingerprint density at radius 2 is 1.87 bits per heavy atom. The summed E-state index contributed by atoms with van der Waals surface area (Å²) in [5, 5.41) is 5.23. The fourth-order valence-corrected chi connectivity index (χ4v) is 4.74. The highest BCUT2D eigenvalue weighted by Gasteiger charge is 2.42. The van der Waals surface area contributed by atoms with Crippen LogP contribution in [0.5, 0.6) is 0 Å². The molecular weight excluding hydrogens is 433 g/mol. The Hall–Kier alpha value is -2.66. The van der Waals surface area contributed by atoms with Gasteiger partial charge in [-0.05, 0) is 55.2 Å². The Bertz CT molecular complexity index is 983. The first-order valence-electron chi connectivity index (χ1n) is 9.76. The normalized spacial score (nSPS) is 19.6. The molecular formula is C20H23F3N4O3S. The van der Waals surface area contributed by atoms with Gasteiger partial charge in [0.25, 0.3) is 0 Å². The Kier molecular flexibility index (Phi) is 7.16. The van der Waals surface area contributed by atoms with Crippen LogP contribution < -0.4 is 15.4 Å². The van der Waals surface area contributed by atoms with Crippen molar-refractivity contribution in [1.82, 2.24) is 15.0 Å². The lowest BCUT2D eigenvalue weighted by Crippen LogP contribution is -2.41. The van der Waals surface area contributed by atoms with Gasteiger partial charge in [-0.3, -0.25) is 4.98 Å². The van der Waals surface area contributed by atoms with Crippen LogP contribution in [-0.4, -0.2) is 31.7 Å². The molecule has 0 aliphatic heterocycles. The number of benzene rings is 1. The fraction of sp³-hybridized carbons (Fsp3) is 0.400. The van der Waals surface area contributed by atoms with Gasteiger partial charge in [0.15, 0.2) is 0 Å². The average molecular weight is 456 g/mol. The molecule has 2 aromatic rings. The number of urea groups is 1. The van der Waals surface area contributed by atoms with Gasteiger partial charge in [-0.1, -0.05) is 12.5 Å². The second-order valence-electron chi connectivity index (χ2n) is 7.42. The number of anilines is 1. The maximum absolute atomic E-state index is 13.0. The Morgan fingerprint density at radius 1 is 1.13 bits per heavy atom. The number of sulfonamides is 1. The first kappa shape index (κ1) is 23.0. The van der Waals surface area contributed by atoms with Crippen molar-refractivity contribution in [1.29, 1.82) is 0 Å². The molecule has 2 amide bonds. The van der Waals surface area contributed by atoms with Crippen LogP contribution in [0.4, 0.5) is 23.7 Å². The van der Waals surface area contributed by atoms with Gasteiger partial charge >= 0.3 is 12.2 Å². The van der Waals surface area contributed by atoms with E-state index in [-0.39, 0.29) is 24.3 Å². The van der Waals surface area contributed by atoms with Crippen molar-refractivity contribution in [2.75, 3.05) is 5.32 Å². The number of hydrogen-bond acceptors (Lipinski definition) is 4. The van der Waals surface area contributed by atoms with Crippen LogP contribution in [0.2, 0.25) is 0 Å². The second kappa shape index (κ2) is 9.65. The minimum absolute atomic E-state index is 0.0188. The number of aromatic nitrogens is 1. The predicted molar refractivity (Wildman–Crippen MR) is 109 cm³/mol. The summed E-state index contributed by atoms with van der Waals surface area (Å²) in [6.45, 7) is 0.274. The molecule has 0 spiro atoms. The van der Waals surface area contributed by atoms with Crippen LogP contribution in [0.25, 0.3) is 0 Å². The van der Waals surface area contributed by atoms with E-state index in [9.17, 15) is 26.4 Å². The number of nitrogens with one attached hydrogen (secondary N) is 3. The monoisotopic (exact) mass is 456 g/mol. The minimum atomic E-state index is -4.32. The highest BCUT2D eigenvalue weighted by molar-refractivity contribution is 7.89. The second-order valence-corrected chi connectivity index (χ2v) is 9.13. The summed E-state index contributed by atoms with van der Waals surface area (Å²) in [6, 6.07) is 7.74. The van der Waals surface area contributed by atoms with E-state index >= 15 is 0 Å². The van der Waals surface area contributed by atoms with Crippen molar-refractivity contribution in [2.45, 2.75) is 49.3 Å². The van der Waals surface area contributed by atoms with Crippen molar-refractivity contribution in [2.24, 2.45) is 5.92 Å². The number of carbonyl (C=O) groups is 1. The van der Waals surface area contributed by atoms with Crippen molar-refractivity contribution >= 4 is 21.7 Å². The molecule has 3 N–H and O–H groups in total. The fourth-order valence-electron chi connectivity index (χ4n) is 3.46. The average Bonchev–Trinajstić information content (AvgIpc) is 2.73. The molecule has 0 radical (unpaired) electrons. The number of carbonyl (C=O) groups excluding carboxylic acids is 1. The largest absolute Gasteiger partial charge is 0.391 e. The number of amides is 2. The third kappa shape index (κ3) is 6.66. The third-order valence-corrected chi connectivity index (χ3v) is 6.59. The summed E-state index contributed by atoms with van der Waals surface area (Å²) < 4.78 is 66.3. The van der Waals surface area contributed by atoms with Crippen molar-refractivity contribution in [3.63, 3.8) is 0 Å². The molecule has 7 nitrogen and oxygen atoms in total. The molecule has 11 heteroatoms. The van der Waals surface area contributed by atoms with Gasteiger partial charge in [0.05, 0.1) is 10.8 Å². The summed E-state index contributed by atoms with van der Waals surface area (Å²) in [5.74, 6) is -1.49. The zero-order valence-corrected chi connectivity index (χ0v) is 17.3. The quantitative estimate of drug-likeness (QED) is 0.616. The molecule has 3 rings (SSSR count). The molecule has 1 heterocycles. The van der Waals surface area contributed by atoms with Gasteiger partial charge in [0, 0.05) is 30.7 Å². The van der Waals surface area contributed by atoms with E-state index in [4.69, 9.17) is 0 Å². The predicted octanol–water partition coefficient (Wildman–Crippen LogP) is 3.80. The Morgan fingerprint density at radius 3 is 2.52 bits per heavy atom. The van der Waals surface area contributed by atoms with Crippen LogP contribution >= 0.6 is 0 Å². The van der Waals surface area contributed by atoms with Crippen molar-refractivity contribution in [3.05, 3.63) is 54.4 Å². The van der Waals surface area contributed by atoms with E-state index in [1.54, 1.807) is 18.5 Å². The number of rotatable bonds is 6. The molecule has 31 heavy (non-hydrogen) atoms. The van der Waals surface area contributed by atoms with E-state index in [0.29, 0.717) is 18.5 Å². The molecule has 168 valence electrons. The lowest BCUT2D eigenvalue weighted by Gasteiger charge is -2.30.